The second-order valence-corrected chi connectivity index (χ2v) is 4.44. The van der Waals surface area contributed by atoms with E-state index < -0.39 is 0 Å². The van der Waals surface area contributed by atoms with E-state index in [2.05, 4.69) is 6.92 Å². The van der Waals surface area contributed by atoms with E-state index in [0.29, 0.717) is 18.1 Å². The summed E-state index contributed by atoms with van der Waals surface area (Å²) in [7, 11) is 0. The maximum absolute atomic E-state index is 11.6. The third kappa shape index (κ3) is 2.58. The summed E-state index contributed by atoms with van der Waals surface area (Å²) in [6.07, 6.45) is 2.80. The Bertz CT molecular complexity index is 349. The lowest BCUT2D eigenvalue weighted by Crippen LogP contribution is -2.05. The first-order chi connectivity index (χ1) is 7.16. The molecule has 1 atom stereocenters. The van der Waals surface area contributed by atoms with Gasteiger partial charge in [0, 0.05) is 12.3 Å². The molecule has 0 aromatic heterocycles. The number of Topliss-reactive ketones (excluding diaryl/α,β-unsaturated/α-hetero) is 1. The molecule has 1 aliphatic rings. The molecule has 1 fully saturated rings. The van der Waals surface area contributed by atoms with Gasteiger partial charge >= 0.3 is 0 Å². The molecule has 0 saturated heterocycles. The number of ketones is 1. The third-order valence-electron chi connectivity index (χ3n) is 3.00. The highest BCUT2D eigenvalue weighted by Gasteiger charge is 2.30. The van der Waals surface area contributed by atoms with Gasteiger partial charge in [0.25, 0.3) is 0 Å². The predicted molar refractivity (Wildman–Crippen MR) is 58.9 cm³/mol. The number of rotatable bonds is 4. The molecular formula is C13H16O2. The van der Waals surface area contributed by atoms with Crippen LogP contribution in [0.4, 0.5) is 0 Å². The van der Waals surface area contributed by atoms with Crippen molar-refractivity contribution in [2.45, 2.75) is 32.1 Å². The number of hydrogen-bond donors (Lipinski definition) is 1. The van der Waals surface area contributed by atoms with Gasteiger partial charge in [0.05, 0.1) is 0 Å². The Hall–Kier alpha value is -1.31. The van der Waals surface area contributed by atoms with E-state index in [-0.39, 0.29) is 11.7 Å². The number of benzene rings is 1. The first kappa shape index (κ1) is 10.2. The average Bonchev–Trinajstić information content (AvgIpc) is 3.01. The van der Waals surface area contributed by atoms with Gasteiger partial charge in [-0.25, -0.2) is 0 Å². The second kappa shape index (κ2) is 4.05. The number of aromatic hydroxyl groups is 1. The number of hydrogen-bond acceptors (Lipinski definition) is 2. The first-order valence-corrected chi connectivity index (χ1v) is 5.48. The Morgan fingerprint density at radius 2 is 2.00 bits per heavy atom. The van der Waals surface area contributed by atoms with Gasteiger partial charge in [0.2, 0.25) is 0 Å². The van der Waals surface area contributed by atoms with Crippen molar-refractivity contribution in [2.75, 3.05) is 0 Å². The van der Waals surface area contributed by atoms with Crippen LogP contribution < -0.4 is 0 Å². The van der Waals surface area contributed by atoms with Gasteiger partial charge in [-0.15, -0.1) is 0 Å². The molecule has 0 bridgehead atoms. The highest BCUT2D eigenvalue weighted by Crippen LogP contribution is 2.33. The van der Waals surface area contributed by atoms with Crippen LogP contribution in [0.15, 0.2) is 24.3 Å². The molecule has 1 saturated carbocycles. The molecule has 80 valence electrons. The quantitative estimate of drug-likeness (QED) is 0.818. The summed E-state index contributed by atoms with van der Waals surface area (Å²) in [5.74, 6) is 1.29. The maximum Gasteiger partial charge on any atom is 0.136 e. The molecule has 0 spiro atoms. The molecule has 1 N–H and O–H groups in total. The van der Waals surface area contributed by atoms with Crippen molar-refractivity contribution < 1.29 is 9.90 Å². The highest BCUT2D eigenvalue weighted by atomic mass is 16.3. The number of phenols is 1. The summed E-state index contributed by atoms with van der Waals surface area (Å²) >= 11 is 0. The minimum atomic E-state index is 0.263. The van der Waals surface area contributed by atoms with Crippen LogP contribution >= 0.6 is 0 Å². The molecule has 1 aliphatic carbocycles. The van der Waals surface area contributed by atoms with Crippen molar-refractivity contribution in [3.05, 3.63) is 29.8 Å². The summed E-state index contributed by atoms with van der Waals surface area (Å²) in [6, 6.07) is 7.13. The van der Waals surface area contributed by atoms with Gasteiger partial charge < -0.3 is 5.11 Å². The van der Waals surface area contributed by atoms with Crippen LogP contribution in [0.3, 0.4) is 0 Å². The van der Waals surface area contributed by atoms with Gasteiger partial charge in [-0.1, -0.05) is 19.1 Å². The fraction of sp³-hybridized carbons (Fsp3) is 0.462. The van der Waals surface area contributed by atoms with Crippen molar-refractivity contribution >= 4 is 5.78 Å². The van der Waals surface area contributed by atoms with Crippen LogP contribution in [0.5, 0.6) is 5.75 Å². The predicted octanol–water partition coefficient (Wildman–Crippen LogP) is 2.86. The van der Waals surface area contributed by atoms with Crippen molar-refractivity contribution in [1.29, 1.82) is 0 Å². The summed E-state index contributed by atoms with van der Waals surface area (Å²) < 4.78 is 0. The largest absolute Gasteiger partial charge is 0.508 e. The van der Waals surface area contributed by atoms with Gasteiger partial charge in [-0.05, 0) is 36.5 Å². The Labute approximate surface area is 89.9 Å². The maximum atomic E-state index is 11.6. The Balaban J connectivity index is 1.97. The van der Waals surface area contributed by atoms with E-state index >= 15 is 0 Å². The highest BCUT2D eigenvalue weighted by molar-refractivity contribution is 5.83. The lowest BCUT2D eigenvalue weighted by molar-refractivity contribution is -0.120. The molecule has 0 unspecified atom stereocenters. The number of carbonyl (C=O) groups excluding carboxylic acids is 1. The molecule has 0 amide bonds. The van der Waals surface area contributed by atoms with E-state index in [1.54, 1.807) is 12.1 Å². The molecule has 2 nitrogen and oxygen atoms in total. The third-order valence-corrected chi connectivity index (χ3v) is 3.00. The van der Waals surface area contributed by atoms with Crippen molar-refractivity contribution in [3.8, 4) is 5.75 Å². The SMILES string of the molecule is C[C@H](CC(=O)C1CC1)c1ccc(O)cc1. The molecule has 15 heavy (non-hydrogen) atoms. The normalized spacial score (nSPS) is 17.4. The van der Waals surface area contributed by atoms with Crippen LogP contribution in [0.25, 0.3) is 0 Å². The summed E-state index contributed by atoms with van der Waals surface area (Å²) in [5, 5.41) is 9.15. The molecule has 1 aromatic carbocycles. The number of carbonyl (C=O) groups is 1. The van der Waals surface area contributed by atoms with Gasteiger partial charge in [0.1, 0.15) is 11.5 Å². The van der Waals surface area contributed by atoms with E-state index in [4.69, 9.17) is 5.11 Å². The molecule has 0 heterocycles. The monoisotopic (exact) mass is 204 g/mol. The smallest absolute Gasteiger partial charge is 0.136 e. The fourth-order valence-corrected chi connectivity index (χ4v) is 1.79. The summed E-state index contributed by atoms with van der Waals surface area (Å²) in [6.45, 7) is 2.06. The Morgan fingerprint density at radius 1 is 1.40 bits per heavy atom. The van der Waals surface area contributed by atoms with Gasteiger partial charge in [-0.2, -0.15) is 0 Å². The van der Waals surface area contributed by atoms with Crippen LogP contribution in [0, 0.1) is 5.92 Å². The molecule has 2 rings (SSSR count). The summed E-state index contributed by atoms with van der Waals surface area (Å²) in [5.41, 5.74) is 1.13. The van der Waals surface area contributed by atoms with Crippen LogP contribution in [-0.4, -0.2) is 10.9 Å². The molecule has 1 aromatic rings. The average molecular weight is 204 g/mol. The van der Waals surface area contributed by atoms with Crippen LogP contribution in [0.2, 0.25) is 0 Å². The van der Waals surface area contributed by atoms with Crippen molar-refractivity contribution in [3.63, 3.8) is 0 Å². The van der Waals surface area contributed by atoms with E-state index in [0.717, 1.165) is 18.4 Å². The number of phenolic OH excluding ortho intramolecular Hbond substituents is 1. The van der Waals surface area contributed by atoms with Crippen molar-refractivity contribution in [1.82, 2.24) is 0 Å². The zero-order chi connectivity index (χ0) is 10.8. The van der Waals surface area contributed by atoms with Gasteiger partial charge in [0.15, 0.2) is 0 Å². The van der Waals surface area contributed by atoms with E-state index in [9.17, 15) is 4.79 Å². The topological polar surface area (TPSA) is 37.3 Å². The molecule has 0 aliphatic heterocycles. The lowest BCUT2D eigenvalue weighted by atomic mass is 9.94. The fourth-order valence-electron chi connectivity index (χ4n) is 1.79. The van der Waals surface area contributed by atoms with Crippen LogP contribution in [-0.2, 0) is 4.79 Å². The zero-order valence-corrected chi connectivity index (χ0v) is 8.94. The lowest BCUT2D eigenvalue weighted by Gasteiger charge is -2.10. The molecular weight excluding hydrogens is 188 g/mol. The minimum absolute atomic E-state index is 0.263. The van der Waals surface area contributed by atoms with E-state index in [1.165, 1.54) is 0 Å². The standard InChI is InChI=1S/C13H16O2/c1-9(8-13(15)11-2-3-11)10-4-6-12(14)7-5-10/h4-7,9,11,14H,2-3,8H2,1H3/t9-/m1/s1. The minimum Gasteiger partial charge on any atom is -0.508 e. The second-order valence-electron chi connectivity index (χ2n) is 4.44. The first-order valence-electron chi connectivity index (χ1n) is 5.48. The van der Waals surface area contributed by atoms with Crippen LogP contribution in [0.1, 0.15) is 37.7 Å². The Morgan fingerprint density at radius 3 is 2.53 bits per heavy atom. The van der Waals surface area contributed by atoms with E-state index in [1.807, 2.05) is 12.1 Å². The zero-order valence-electron chi connectivity index (χ0n) is 8.94. The van der Waals surface area contributed by atoms with Gasteiger partial charge in [-0.3, -0.25) is 4.79 Å². The molecule has 0 radical (unpaired) electrons. The molecule has 2 heteroatoms. The summed E-state index contributed by atoms with van der Waals surface area (Å²) in [4.78, 5) is 11.6. The Kier molecular flexibility index (Phi) is 2.76. The van der Waals surface area contributed by atoms with Crippen molar-refractivity contribution in [2.24, 2.45) is 5.92 Å².